The second-order valence-corrected chi connectivity index (χ2v) is 13.6. The molecule has 1 aliphatic heterocycles. The first-order chi connectivity index (χ1) is 23.8. The van der Waals surface area contributed by atoms with Crippen LogP contribution in [0.3, 0.4) is 0 Å². The van der Waals surface area contributed by atoms with Gasteiger partial charge in [-0.15, -0.1) is 11.3 Å². The van der Waals surface area contributed by atoms with Crippen molar-refractivity contribution in [3.63, 3.8) is 0 Å². The minimum Gasteiger partial charge on any atom is -0.329 e. The van der Waals surface area contributed by atoms with Crippen molar-refractivity contribution < 1.29 is 14.4 Å². The van der Waals surface area contributed by atoms with E-state index in [0.29, 0.717) is 31.0 Å². The molecule has 0 aliphatic carbocycles. The zero-order valence-corrected chi connectivity index (χ0v) is 29.5. The summed E-state index contributed by atoms with van der Waals surface area (Å²) in [5.74, 6) is 0.0553. The summed E-state index contributed by atoms with van der Waals surface area (Å²) in [7, 11) is 1.90. The number of rotatable bonds is 15. The lowest BCUT2D eigenvalue weighted by Crippen LogP contribution is -2.51. The van der Waals surface area contributed by atoms with Crippen molar-refractivity contribution >= 4 is 40.6 Å². The van der Waals surface area contributed by atoms with Crippen molar-refractivity contribution in [1.29, 1.82) is 0 Å². The Kier molecular flexibility index (Phi) is 12.6. The highest BCUT2D eigenvalue weighted by molar-refractivity contribution is 7.09. The van der Waals surface area contributed by atoms with Crippen molar-refractivity contribution in [2.45, 2.75) is 65.6 Å². The molecule has 2 aromatic carbocycles. The van der Waals surface area contributed by atoms with Crippen molar-refractivity contribution in [2.24, 2.45) is 5.41 Å². The van der Waals surface area contributed by atoms with E-state index in [-0.39, 0.29) is 30.7 Å². The summed E-state index contributed by atoms with van der Waals surface area (Å²) in [5.41, 5.74) is 5.87. The number of hydrogen-bond donors (Lipinski definition) is 3. The molecule has 0 saturated carbocycles. The number of nitrogens with one attached hydrogen (secondary N) is 3. The number of aryl methyl sites for hydroxylation is 1. The Morgan fingerprint density at radius 3 is 2.37 bits per heavy atom. The van der Waals surface area contributed by atoms with E-state index in [4.69, 9.17) is 0 Å². The van der Waals surface area contributed by atoms with Crippen LogP contribution in [0.1, 0.15) is 60.2 Å². The predicted molar refractivity (Wildman–Crippen MR) is 195 cm³/mol. The lowest BCUT2D eigenvalue weighted by Gasteiger charge is -2.42. The Balaban J connectivity index is 1.32. The van der Waals surface area contributed by atoms with Gasteiger partial charge >= 0.3 is 0 Å². The molecule has 3 amide bonds. The van der Waals surface area contributed by atoms with Crippen molar-refractivity contribution in [3.05, 3.63) is 106 Å². The number of hydrogen-bond acceptors (Lipinski definition) is 8. The SMILES string of the molecule is CCc1ccc(NC(=O)CN(Cc2ccccc2CNC)C(=O)C2(CC)CCN(Cc3cncs3)CC2)cc1CC(=O)Nc1ccccn1. The van der Waals surface area contributed by atoms with Gasteiger partial charge < -0.3 is 20.9 Å². The fourth-order valence-corrected chi connectivity index (χ4v) is 7.23. The lowest BCUT2D eigenvalue weighted by molar-refractivity contribution is -0.148. The van der Waals surface area contributed by atoms with E-state index in [0.717, 1.165) is 61.2 Å². The fraction of sp³-hybridized carbons (Fsp3) is 0.395. The molecular formula is C38H47N7O3S. The van der Waals surface area contributed by atoms with Crippen LogP contribution in [-0.4, -0.2) is 64.2 Å². The summed E-state index contributed by atoms with van der Waals surface area (Å²) in [5, 5.41) is 9.09. The number of anilines is 2. The van der Waals surface area contributed by atoms with E-state index in [9.17, 15) is 14.4 Å². The number of likely N-dealkylation sites (tertiary alicyclic amines) is 1. The molecule has 11 heteroatoms. The highest BCUT2D eigenvalue weighted by atomic mass is 32.1. The van der Waals surface area contributed by atoms with E-state index in [1.165, 1.54) is 4.88 Å². The predicted octanol–water partition coefficient (Wildman–Crippen LogP) is 5.66. The molecule has 3 heterocycles. The largest absolute Gasteiger partial charge is 0.329 e. The second kappa shape index (κ2) is 17.3. The van der Waals surface area contributed by atoms with Crippen LogP contribution in [-0.2, 0) is 46.9 Å². The Labute approximate surface area is 293 Å². The molecule has 0 spiro atoms. The van der Waals surface area contributed by atoms with Crippen LogP contribution < -0.4 is 16.0 Å². The summed E-state index contributed by atoms with van der Waals surface area (Å²) >= 11 is 1.65. The maximum Gasteiger partial charge on any atom is 0.244 e. The Bertz CT molecular complexity index is 1690. The molecule has 0 unspecified atom stereocenters. The van der Waals surface area contributed by atoms with Gasteiger partial charge in [0.15, 0.2) is 0 Å². The summed E-state index contributed by atoms with van der Waals surface area (Å²) in [4.78, 5) is 55.0. The first kappa shape index (κ1) is 35.8. The lowest BCUT2D eigenvalue weighted by atomic mass is 9.74. The van der Waals surface area contributed by atoms with Crippen LogP contribution in [0.2, 0.25) is 0 Å². The molecule has 0 bridgehead atoms. The summed E-state index contributed by atoms with van der Waals surface area (Å²) in [6, 6.07) is 19.1. The first-order valence-electron chi connectivity index (χ1n) is 17.1. The number of carbonyl (C=O) groups excluding carboxylic acids is 3. The molecule has 1 saturated heterocycles. The molecule has 5 rings (SSSR count). The molecule has 1 aliphatic rings. The van der Waals surface area contributed by atoms with Gasteiger partial charge in [0.05, 0.1) is 17.3 Å². The third kappa shape index (κ3) is 9.59. The zero-order valence-electron chi connectivity index (χ0n) is 28.7. The Hall–Kier alpha value is -4.45. The van der Waals surface area contributed by atoms with Gasteiger partial charge in [-0.25, -0.2) is 4.98 Å². The van der Waals surface area contributed by atoms with Gasteiger partial charge in [0.25, 0.3) is 0 Å². The van der Waals surface area contributed by atoms with Crippen LogP contribution in [0.25, 0.3) is 0 Å². The van der Waals surface area contributed by atoms with Gasteiger partial charge in [-0.2, -0.15) is 0 Å². The molecule has 258 valence electrons. The van der Waals surface area contributed by atoms with Crippen molar-refractivity contribution in [2.75, 3.05) is 37.3 Å². The van der Waals surface area contributed by atoms with Crippen LogP contribution in [0.5, 0.6) is 0 Å². The molecule has 3 N–H and O–H groups in total. The summed E-state index contributed by atoms with van der Waals surface area (Å²) in [6.45, 7) is 7.51. The highest BCUT2D eigenvalue weighted by Crippen LogP contribution is 2.38. The molecular weight excluding hydrogens is 635 g/mol. The van der Waals surface area contributed by atoms with Crippen LogP contribution in [0.4, 0.5) is 11.5 Å². The number of thiazole rings is 1. The number of carbonyl (C=O) groups is 3. The molecule has 10 nitrogen and oxygen atoms in total. The first-order valence-corrected chi connectivity index (χ1v) is 17.9. The van der Waals surface area contributed by atoms with E-state index in [2.05, 4.69) is 43.8 Å². The van der Waals surface area contributed by atoms with Crippen molar-refractivity contribution in [3.8, 4) is 0 Å². The number of pyridine rings is 1. The van der Waals surface area contributed by atoms with E-state index < -0.39 is 5.41 Å². The quantitative estimate of drug-likeness (QED) is 0.148. The number of amides is 3. The van der Waals surface area contributed by atoms with E-state index in [1.807, 2.05) is 68.1 Å². The molecule has 0 radical (unpaired) electrons. The van der Waals surface area contributed by atoms with Gasteiger partial charge in [0.1, 0.15) is 12.4 Å². The monoisotopic (exact) mass is 681 g/mol. The van der Waals surface area contributed by atoms with E-state index in [1.54, 1.807) is 34.6 Å². The number of nitrogens with zero attached hydrogens (tertiary/aromatic N) is 4. The van der Waals surface area contributed by atoms with Gasteiger partial charge in [-0.1, -0.05) is 50.2 Å². The smallest absolute Gasteiger partial charge is 0.244 e. The maximum absolute atomic E-state index is 14.6. The fourth-order valence-electron chi connectivity index (χ4n) is 6.60. The average Bonchev–Trinajstić information content (AvgIpc) is 3.63. The highest BCUT2D eigenvalue weighted by Gasteiger charge is 2.42. The second-order valence-electron chi connectivity index (χ2n) is 12.7. The van der Waals surface area contributed by atoms with Crippen LogP contribution in [0, 0.1) is 5.41 Å². The van der Waals surface area contributed by atoms with Gasteiger partial charge in [0, 0.05) is 42.6 Å². The van der Waals surface area contributed by atoms with Gasteiger partial charge in [-0.3, -0.25) is 24.3 Å². The Morgan fingerprint density at radius 2 is 1.69 bits per heavy atom. The average molecular weight is 682 g/mol. The number of aromatic nitrogens is 2. The number of benzene rings is 2. The normalized spacial score (nSPS) is 14.3. The molecule has 2 aromatic heterocycles. The molecule has 49 heavy (non-hydrogen) atoms. The molecule has 0 atom stereocenters. The van der Waals surface area contributed by atoms with Crippen molar-refractivity contribution in [1.82, 2.24) is 25.1 Å². The Morgan fingerprint density at radius 1 is 0.918 bits per heavy atom. The van der Waals surface area contributed by atoms with Crippen LogP contribution in [0.15, 0.2) is 78.6 Å². The summed E-state index contributed by atoms with van der Waals surface area (Å²) in [6.07, 6.45) is 6.62. The molecule has 4 aromatic rings. The summed E-state index contributed by atoms with van der Waals surface area (Å²) < 4.78 is 0. The maximum atomic E-state index is 14.6. The molecule has 1 fully saturated rings. The topological polar surface area (TPSA) is 120 Å². The number of piperidine rings is 1. The third-order valence-corrected chi connectivity index (χ3v) is 10.2. The van der Waals surface area contributed by atoms with Gasteiger partial charge in [-0.05, 0) is 92.3 Å². The van der Waals surface area contributed by atoms with Gasteiger partial charge in [0.2, 0.25) is 17.7 Å². The minimum absolute atomic E-state index is 0.0232. The standard InChI is InChI=1S/C38H47N7O3S/c1-4-28-13-14-32(20-31(28)21-35(46)43-34-12-8-9-17-41-34)42-36(47)26-45(24-30-11-7-6-10-29(30)22-39-3)37(48)38(5-2)15-18-44(19-16-38)25-33-23-40-27-49-33/h6-14,17,20,23,27,39H,4-5,15-16,18-19,21-22,24-26H2,1-3H3,(H,42,47)(H,41,43,46). The minimum atomic E-state index is -0.542. The van der Waals surface area contributed by atoms with E-state index >= 15 is 0 Å². The van der Waals surface area contributed by atoms with Crippen LogP contribution >= 0.6 is 11.3 Å². The third-order valence-electron chi connectivity index (χ3n) is 9.43. The zero-order chi connectivity index (χ0) is 34.6.